The molecule has 7 nitrogen and oxygen atoms in total. The predicted octanol–water partition coefficient (Wildman–Crippen LogP) is 4.98. The number of carbonyl (C=O) groups excluding carboxylic acids is 1. The number of para-hydroxylation sites is 2. The van der Waals surface area contributed by atoms with E-state index in [1.165, 1.54) is 16.8 Å². The number of aryl methyl sites for hydroxylation is 2. The molecule has 0 aliphatic carbocycles. The molecule has 0 saturated carbocycles. The molecule has 2 saturated heterocycles. The smallest absolute Gasteiger partial charge is 0.316 e. The highest BCUT2D eigenvalue weighted by atomic mass is 35.5. The van der Waals surface area contributed by atoms with Crippen molar-refractivity contribution in [3.63, 3.8) is 0 Å². The van der Waals surface area contributed by atoms with Crippen molar-refractivity contribution in [3.8, 4) is 0 Å². The lowest BCUT2D eigenvalue weighted by Gasteiger charge is -2.35. The van der Waals surface area contributed by atoms with E-state index < -0.39 is 0 Å². The molecule has 1 N–H and O–H groups in total. The van der Waals surface area contributed by atoms with Crippen LogP contribution in [-0.4, -0.2) is 72.6 Å². The van der Waals surface area contributed by atoms with Gasteiger partial charge in [-0.05, 0) is 49.7 Å². The Bertz CT molecular complexity index is 1400. The van der Waals surface area contributed by atoms with E-state index >= 15 is 0 Å². The van der Waals surface area contributed by atoms with E-state index in [1.807, 2.05) is 25.1 Å². The Kier molecular flexibility index (Phi) is 7.72. The third-order valence-corrected chi connectivity index (χ3v) is 7.21. The van der Waals surface area contributed by atoms with Crippen LogP contribution in [0, 0.1) is 13.8 Å². The zero-order chi connectivity index (χ0) is 25.8. The highest BCUT2D eigenvalue weighted by Gasteiger charge is 2.21. The number of aromatic nitrogens is 2. The maximum absolute atomic E-state index is 11.2. The molecular formula is C29H33ClN6O. The van der Waals surface area contributed by atoms with Crippen LogP contribution in [0.1, 0.15) is 11.4 Å². The van der Waals surface area contributed by atoms with Crippen LogP contribution in [0.4, 0.5) is 16.2 Å². The van der Waals surface area contributed by atoms with Crippen LogP contribution in [0.15, 0.2) is 60.7 Å². The Balaban J connectivity index is 0.000000153. The minimum absolute atomic E-state index is 0.361. The summed E-state index contributed by atoms with van der Waals surface area (Å²) in [7, 11) is 0. The second-order valence-electron chi connectivity index (χ2n) is 9.56. The Labute approximate surface area is 223 Å². The van der Waals surface area contributed by atoms with Gasteiger partial charge in [-0.25, -0.2) is 0 Å². The number of nitrogens with zero attached hydrogens (tertiary/aromatic N) is 5. The van der Waals surface area contributed by atoms with Crippen molar-refractivity contribution in [3.05, 3.63) is 72.1 Å². The fourth-order valence-corrected chi connectivity index (χ4v) is 5.29. The van der Waals surface area contributed by atoms with Gasteiger partial charge in [0.05, 0.1) is 11.0 Å². The van der Waals surface area contributed by atoms with Gasteiger partial charge in [-0.3, -0.25) is 14.8 Å². The molecule has 0 spiro atoms. The molecule has 4 aromatic rings. The van der Waals surface area contributed by atoms with Crippen molar-refractivity contribution >= 4 is 50.1 Å². The van der Waals surface area contributed by atoms with Crippen LogP contribution in [0.5, 0.6) is 0 Å². The van der Waals surface area contributed by atoms with E-state index in [0.717, 1.165) is 67.1 Å². The molecule has 4 heterocycles. The zero-order valence-corrected chi connectivity index (χ0v) is 22.2. The maximum Gasteiger partial charge on any atom is 0.316 e. The van der Waals surface area contributed by atoms with Gasteiger partial charge in [-0.2, -0.15) is 0 Å². The molecule has 0 atom stereocenters. The van der Waals surface area contributed by atoms with Crippen molar-refractivity contribution in [2.24, 2.45) is 0 Å². The third kappa shape index (κ3) is 5.78. The van der Waals surface area contributed by atoms with Gasteiger partial charge in [0.1, 0.15) is 0 Å². The van der Waals surface area contributed by atoms with Gasteiger partial charge >= 0.3 is 5.37 Å². The van der Waals surface area contributed by atoms with Crippen molar-refractivity contribution < 1.29 is 4.79 Å². The van der Waals surface area contributed by atoms with E-state index in [2.05, 4.69) is 74.5 Å². The second-order valence-corrected chi connectivity index (χ2v) is 9.89. The first-order valence-corrected chi connectivity index (χ1v) is 13.3. The monoisotopic (exact) mass is 516 g/mol. The summed E-state index contributed by atoms with van der Waals surface area (Å²) in [4.78, 5) is 26.7. The van der Waals surface area contributed by atoms with Crippen LogP contribution in [0.25, 0.3) is 21.8 Å². The standard InChI is InChI=1S/C15H16ClN3O.C14H17N3/c1-11-10-14(12-4-2-3-5-13(12)17-11)18-6-8-19(9-7-18)15(16)20;1-11-10-14(17-8-6-15-7-9-17)12-4-2-3-5-13(12)16-11/h2-5,10H,6-9H2,1H3;2-5,10,15H,6-9H2,1H3. The third-order valence-electron chi connectivity index (χ3n) is 6.97. The Morgan fingerprint density at radius 2 is 1.19 bits per heavy atom. The van der Waals surface area contributed by atoms with E-state index in [0.29, 0.717) is 13.1 Å². The topological polar surface area (TPSA) is 64.6 Å². The molecule has 0 bridgehead atoms. The summed E-state index contributed by atoms with van der Waals surface area (Å²) >= 11 is 5.53. The molecular weight excluding hydrogens is 484 g/mol. The molecule has 2 aromatic heterocycles. The number of halogens is 1. The quantitative estimate of drug-likeness (QED) is 0.299. The minimum atomic E-state index is -0.361. The highest BCUT2D eigenvalue weighted by Crippen LogP contribution is 2.28. The normalized spacial score (nSPS) is 16.0. The van der Waals surface area contributed by atoms with E-state index in [-0.39, 0.29) is 5.37 Å². The summed E-state index contributed by atoms with van der Waals surface area (Å²) in [6.45, 7) is 11.3. The Morgan fingerprint density at radius 1 is 0.730 bits per heavy atom. The molecule has 1 amide bonds. The fraction of sp³-hybridized carbons (Fsp3) is 0.345. The molecule has 37 heavy (non-hydrogen) atoms. The number of nitrogens with one attached hydrogen (secondary N) is 1. The van der Waals surface area contributed by atoms with Crippen molar-refractivity contribution in [2.45, 2.75) is 13.8 Å². The first-order chi connectivity index (χ1) is 18.0. The predicted molar refractivity (Wildman–Crippen MR) is 153 cm³/mol. The number of rotatable bonds is 2. The molecule has 6 rings (SSSR count). The summed E-state index contributed by atoms with van der Waals surface area (Å²) in [5.74, 6) is 0. The number of anilines is 2. The molecule has 8 heteroatoms. The number of carbonyl (C=O) groups is 1. The van der Waals surface area contributed by atoms with Crippen LogP contribution in [0.2, 0.25) is 0 Å². The lowest BCUT2D eigenvalue weighted by atomic mass is 10.1. The van der Waals surface area contributed by atoms with Gasteiger partial charge < -0.3 is 20.0 Å². The number of benzene rings is 2. The summed E-state index contributed by atoms with van der Waals surface area (Å²) in [6.07, 6.45) is 0. The maximum atomic E-state index is 11.2. The largest absolute Gasteiger partial charge is 0.368 e. The van der Waals surface area contributed by atoms with Crippen LogP contribution in [0.3, 0.4) is 0 Å². The number of fused-ring (bicyclic) bond motifs is 2. The van der Waals surface area contributed by atoms with Gasteiger partial charge in [-0.15, -0.1) is 0 Å². The van der Waals surface area contributed by atoms with Gasteiger partial charge in [0, 0.05) is 85.9 Å². The van der Waals surface area contributed by atoms with Gasteiger partial charge in [0.25, 0.3) is 0 Å². The second kappa shape index (κ2) is 11.3. The fourth-order valence-electron chi connectivity index (χ4n) is 5.12. The minimum Gasteiger partial charge on any atom is -0.368 e. The molecule has 2 fully saturated rings. The van der Waals surface area contributed by atoms with Crippen molar-refractivity contribution in [1.82, 2.24) is 20.2 Å². The molecule has 0 unspecified atom stereocenters. The average Bonchev–Trinajstić information content (AvgIpc) is 2.93. The van der Waals surface area contributed by atoms with Crippen molar-refractivity contribution in [2.75, 3.05) is 62.2 Å². The van der Waals surface area contributed by atoms with Crippen molar-refractivity contribution in [1.29, 1.82) is 0 Å². The van der Waals surface area contributed by atoms with E-state index in [4.69, 9.17) is 11.6 Å². The summed E-state index contributed by atoms with van der Waals surface area (Å²) in [5, 5.41) is 5.45. The van der Waals surface area contributed by atoms with E-state index in [9.17, 15) is 4.79 Å². The molecule has 2 aliphatic rings. The van der Waals surface area contributed by atoms with Gasteiger partial charge in [0.2, 0.25) is 0 Å². The van der Waals surface area contributed by atoms with Crippen LogP contribution in [-0.2, 0) is 0 Å². The number of hydrogen-bond acceptors (Lipinski definition) is 6. The first-order valence-electron chi connectivity index (χ1n) is 12.9. The SMILES string of the molecule is Cc1cc(N2CCN(C(=O)Cl)CC2)c2ccccc2n1.Cc1cc(N2CCNCC2)c2ccccc2n1. The molecule has 192 valence electrons. The average molecular weight is 517 g/mol. The Morgan fingerprint density at radius 3 is 1.68 bits per heavy atom. The lowest BCUT2D eigenvalue weighted by molar-refractivity contribution is 0.218. The van der Waals surface area contributed by atoms with Crippen LogP contribution >= 0.6 is 11.6 Å². The summed E-state index contributed by atoms with van der Waals surface area (Å²) < 4.78 is 0. The number of amides is 1. The molecule has 2 aromatic carbocycles. The lowest BCUT2D eigenvalue weighted by Crippen LogP contribution is -2.47. The van der Waals surface area contributed by atoms with Crippen LogP contribution < -0.4 is 15.1 Å². The summed E-state index contributed by atoms with van der Waals surface area (Å²) in [5.41, 5.74) is 6.73. The first kappa shape index (κ1) is 25.2. The van der Waals surface area contributed by atoms with E-state index in [1.54, 1.807) is 4.90 Å². The number of pyridine rings is 2. The van der Waals surface area contributed by atoms with Gasteiger partial charge in [0.15, 0.2) is 0 Å². The number of hydrogen-bond donors (Lipinski definition) is 1. The number of piperazine rings is 2. The summed E-state index contributed by atoms with van der Waals surface area (Å²) in [6, 6.07) is 20.9. The Hall–Kier alpha value is -3.42. The molecule has 0 radical (unpaired) electrons. The highest BCUT2D eigenvalue weighted by molar-refractivity contribution is 6.62. The molecule has 2 aliphatic heterocycles. The zero-order valence-electron chi connectivity index (χ0n) is 21.5. The van der Waals surface area contributed by atoms with Gasteiger partial charge in [-0.1, -0.05) is 36.4 Å².